The van der Waals surface area contributed by atoms with Crippen LogP contribution in [0.2, 0.25) is 0 Å². The quantitative estimate of drug-likeness (QED) is 0.790. The standard InChI is InChI=1S/C12H23NO4S/c1-3-5-9-12(14)13-10-7-6-8-11(4-2)18(15,16)17-13/h11H,3-10H2,1-2H3. The number of hydrogen-bond acceptors (Lipinski definition) is 4. The molecule has 1 atom stereocenters. The lowest BCUT2D eigenvalue weighted by molar-refractivity contribution is -0.157. The van der Waals surface area contributed by atoms with E-state index in [1.165, 1.54) is 0 Å². The summed E-state index contributed by atoms with van der Waals surface area (Å²) in [7, 11) is -3.65. The van der Waals surface area contributed by atoms with Crippen molar-refractivity contribution in [2.24, 2.45) is 0 Å². The molecule has 5 nitrogen and oxygen atoms in total. The zero-order valence-corrected chi connectivity index (χ0v) is 12.0. The minimum absolute atomic E-state index is 0.225. The molecule has 1 unspecified atom stereocenters. The number of nitrogens with zero attached hydrogens (tertiary/aromatic N) is 1. The van der Waals surface area contributed by atoms with Crippen molar-refractivity contribution < 1.29 is 17.5 Å². The summed E-state index contributed by atoms with van der Waals surface area (Å²) in [5, 5.41) is 0.562. The van der Waals surface area contributed by atoms with Crippen molar-refractivity contribution in [2.45, 2.75) is 64.0 Å². The largest absolute Gasteiger partial charge is 0.291 e. The van der Waals surface area contributed by atoms with E-state index in [1.807, 2.05) is 13.8 Å². The summed E-state index contributed by atoms with van der Waals surface area (Å²) < 4.78 is 28.9. The van der Waals surface area contributed by atoms with Crippen LogP contribution in [0.5, 0.6) is 0 Å². The molecule has 106 valence electrons. The van der Waals surface area contributed by atoms with Gasteiger partial charge in [0.1, 0.15) is 0 Å². The number of unbranched alkanes of at least 4 members (excludes halogenated alkanes) is 1. The van der Waals surface area contributed by atoms with Gasteiger partial charge in [-0.3, -0.25) is 4.79 Å². The first-order valence-corrected chi connectivity index (χ1v) is 8.22. The van der Waals surface area contributed by atoms with Gasteiger partial charge in [0.25, 0.3) is 10.1 Å². The molecular formula is C12H23NO4S. The van der Waals surface area contributed by atoms with E-state index in [0.717, 1.165) is 30.7 Å². The van der Waals surface area contributed by atoms with Crippen LogP contribution in [0.1, 0.15) is 58.8 Å². The van der Waals surface area contributed by atoms with E-state index in [4.69, 9.17) is 4.28 Å². The van der Waals surface area contributed by atoms with Crippen molar-refractivity contribution in [3.63, 3.8) is 0 Å². The third kappa shape index (κ3) is 4.24. The summed E-state index contributed by atoms with van der Waals surface area (Å²) in [6.45, 7) is 4.19. The van der Waals surface area contributed by atoms with Crippen molar-refractivity contribution in [3.05, 3.63) is 0 Å². The Hall–Kier alpha value is -0.620. The second-order valence-electron chi connectivity index (χ2n) is 4.69. The number of hydrogen-bond donors (Lipinski definition) is 0. The lowest BCUT2D eigenvalue weighted by atomic mass is 10.1. The van der Waals surface area contributed by atoms with Crippen LogP contribution in [-0.2, 0) is 19.2 Å². The number of hydroxylamine groups is 2. The van der Waals surface area contributed by atoms with Gasteiger partial charge in [-0.25, -0.2) is 5.06 Å². The molecule has 6 heteroatoms. The Morgan fingerprint density at radius 3 is 2.67 bits per heavy atom. The zero-order chi connectivity index (χ0) is 13.6. The van der Waals surface area contributed by atoms with E-state index >= 15 is 0 Å². The minimum Gasteiger partial charge on any atom is -0.273 e. The molecule has 0 bridgehead atoms. The van der Waals surface area contributed by atoms with Gasteiger partial charge in [0, 0.05) is 6.42 Å². The molecule has 1 saturated heterocycles. The van der Waals surface area contributed by atoms with Crippen LogP contribution >= 0.6 is 0 Å². The molecule has 1 aliphatic rings. The maximum atomic E-state index is 12.0. The predicted octanol–water partition coefficient (Wildman–Crippen LogP) is 2.23. The van der Waals surface area contributed by atoms with Gasteiger partial charge in [-0.2, -0.15) is 8.42 Å². The van der Waals surface area contributed by atoms with E-state index in [-0.39, 0.29) is 5.91 Å². The first-order valence-electron chi connectivity index (χ1n) is 6.75. The maximum Gasteiger partial charge on any atom is 0.291 e. The zero-order valence-electron chi connectivity index (χ0n) is 11.2. The minimum atomic E-state index is -3.65. The molecule has 0 N–H and O–H groups in total. The monoisotopic (exact) mass is 277 g/mol. The highest BCUT2D eigenvalue weighted by Gasteiger charge is 2.31. The highest BCUT2D eigenvalue weighted by atomic mass is 32.2. The van der Waals surface area contributed by atoms with Gasteiger partial charge in [-0.15, -0.1) is 4.28 Å². The molecule has 1 aliphatic heterocycles. The number of carbonyl (C=O) groups excluding carboxylic acids is 1. The summed E-state index contributed by atoms with van der Waals surface area (Å²) >= 11 is 0. The molecule has 0 aromatic rings. The summed E-state index contributed by atoms with van der Waals surface area (Å²) in [6.07, 6.45) is 4.78. The summed E-state index contributed by atoms with van der Waals surface area (Å²) in [6, 6.07) is 0. The van der Waals surface area contributed by atoms with E-state index < -0.39 is 15.4 Å². The summed E-state index contributed by atoms with van der Waals surface area (Å²) in [5.74, 6) is -0.225. The van der Waals surface area contributed by atoms with Gasteiger partial charge >= 0.3 is 0 Å². The van der Waals surface area contributed by atoms with Gasteiger partial charge in [-0.05, 0) is 25.7 Å². The Labute approximate surface area is 110 Å². The second-order valence-corrected chi connectivity index (χ2v) is 6.49. The van der Waals surface area contributed by atoms with Crippen LogP contribution in [0.4, 0.5) is 0 Å². The molecule has 0 saturated carbocycles. The topological polar surface area (TPSA) is 63.7 Å². The van der Waals surface area contributed by atoms with Gasteiger partial charge in [-0.1, -0.05) is 26.7 Å². The molecule has 0 aromatic carbocycles. The van der Waals surface area contributed by atoms with Crippen molar-refractivity contribution in [1.82, 2.24) is 5.06 Å². The Balaban J connectivity index is 2.72. The van der Waals surface area contributed by atoms with Gasteiger partial charge in [0.2, 0.25) is 5.91 Å². The van der Waals surface area contributed by atoms with Crippen LogP contribution in [0.25, 0.3) is 0 Å². The van der Waals surface area contributed by atoms with Gasteiger partial charge in [0.15, 0.2) is 0 Å². The smallest absolute Gasteiger partial charge is 0.273 e. The third-order valence-electron chi connectivity index (χ3n) is 3.22. The van der Waals surface area contributed by atoms with E-state index in [0.29, 0.717) is 25.8 Å². The molecule has 1 amide bonds. The van der Waals surface area contributed by atoms with Crippen molar-refractivity contribution >= 4 is 16.0 Å². The molecule has 1 fully saturated rings. The lowest BCUT2D eigenvalue weighted by Crippen LogP contribution is -2.39. The molecule has 0 aromatic heterocycles. The van der Waals surface area contributed by atoms with Crippen LogP contribution in [-0.4, -0.2) is 31.2 Å². The Morgan fingerprint density at radius 1 is 1.33 bits per heavy atom. The Kier molecular flexibility index (Phi) is 6.08. The van der Waals surface area contributed by atoms with Crippen LogP contribution in [0, 0.1) is 0 Å². The van der Waals surface area contributed by atoms with Crippen molar-refractivity contribution in [2.75, 3.05) is 6.54 Å². The predicted molar refractivity (Wildman–Crippen MR) is 69.2 cm³/mol. The highest BCUT2D eigenvalue weighted by molar-refractivity contribution is 7.87. The molecule has 18 heavy (non-hydrogen) atoms. The number of carbonyl (C=O) groups is 1. The summed E-state index contributed by atoms with van der Waals surface area (Å²) in [5.41, 5.74) is 0. The first kappa shape index (κ1) is 15.4. The fourth-order valence-corrected chi connectivity index (χ4v) is 3.42. The molecule has 1 heterocycles. The maximum absolute atomic E-state index is 12.0. The molecular weight excluding hydrogens is 254 g/mol. The third-order valence-corrected chi connectivity index (χ3v) is 4.99. The highest BCUT2D eigenvalue weighted by Crippen LogP contribution is 2.21. The van der Waals surface area contributed by atoms with Crippen LogP contribution in [0.15, 0.2) is 0 Å². The van der Waals surface area contributed by atoms with Crippen molar-refractivity contribution in [1.29, 1.82) is 0 Å². The number of rotatable bonds is 4. The summed E-state index contributed by atoms with van der Waals surface area (Å²) in [4.78, 5) is 11.8. The van der Waals surface area contributed by atoms with Gasteiger partial charge < -0.3 is 0 Å². The lowest BCUT2D eigenvalue weighted by Gasteiger charge is -2.26. The Morgan fingerprint density at radius 2 is 2.06 bits per heavy atom. The molecule has 1 rings (SSSR count). The Bertz CT molecular complexity index is 366. The molecule has 0 aliphatic carbocycles. The molecule has 0 spiro atoms. The SMILES string of the molecule is CCCCC(=O)N1CCCCC(CC)S(=O)(=O)O1. The fraction of sp³-hybridized carbons (Fsp3) is 0.917. The van der Waals surface area contributed by atoms with E-state index in [9.17, 15) is 13.2 Å². The fourth-order valence-electron chi connectivity index (χ4n) is 2.02. The van der Waals surface area contributed by atoms with Crippen molar-refractivity contribution in [3.8, 4) is 0 Å². The van der Waals surface area contributed by atoms with Crippen LogP contribution in [0.3, 0.4) is 0 Å². The average molecular weight is 277 g/mol. The van der Waals surface area contributed by atoms with E-state index in [1.54, 1.807) is 0 Å². The molecule has 0 radical (unpaired) electrons. The normalized spacial score (nSPS) is 24.3. The number of amides is 1. The first-order chi connectivity index (χ1) is 8.51. The average Bonchev–Trinajstić information content (AvgIpc) is 2.31. The second kappa shape index (κ2) is 7.09. The van der Waals surface area contributed by atoms with Crippen LogP contribution < -0.4 is 0 Å². The van der Waals surface area contributed by atoms with Gasteiger partial charge in [0.05, 0.1) is 11.8 Å². The van der Waals surface area contributed by atoms with E-state index in [2.05, 4.69) is 0 Å².